The van der Waals surface area contributed by atoms with E-state index in [-0.39, 0.29) is 11.8 Å². The molecule has 2 aromatic carbocycles. The highest BCUT2D eigenvalue weighted by atomic mass is 32.1. The molecule has 1 amide bonds. The first-order valence-corrected chi connectivity index (χ1v) is 9.65. The van der Waals surface area contributed by atoms with E-state index in [9.17, 15) is 4.79 Å². The number of rotatable bonds is 6. The van der Waals surface area contributed by atoms with Crippen LogP contribution in [0.1, 0.15) is 0 Å². The van der Waals surface area contributed by atoms with Gasteiger partial charge in [-0.15, -0.1) is 0 Å². The molecule has 0 atom stereocenters. The molecule has 1 saturated heterocycles. The lowest BCUT2D eigenvalue weighted by molar-refractivity contribution is -0.120. The Morgan fingerprint density at radius 3 is 2.50 bits per heavy atom. The van der Waals surface area contributed by atoms with Gasteiger partial charge in [-0.2, -0.15) is 0 Å². The molecule has 4 rings (SSSR count). The van der Waals surface area contributed by atoms with Gasteiger partial charge in [0.1, 0.15) is 17.2 Å². The number of hydrogen-bond acceptors (Lipinski definition) is 7. The smallest absolute Gasteiger partial charge is 0.231 e. The van der Waals surface area contributed by atoms with Gasteiger partial charge in [-0.05, 0) is 24.3 Å². The third kappa shape index (κ3) is 3.43. The minimum absolute atomic E-state index is 0.0255. The van der Waals surface area contributed by atoms with E-state index in [1.54, 1.807) is 50.9 Å². The molecule has 3 aromatic rings. The number of carbonyl (C=O) groups is 1. The first-order valence-electron chi connectivity index (χ1n) is 8.83. The van der Waals surface area contributed by atoms with Crippen molar-refractivity contribution in [3.63, 3.8) is 0 Å². The number of anilines is 2. The average Bonchev–Trinajstić information content (AvgIpc) is 3.09. The van der Waals surface area contributed by atoms with Gasteiger partial charge in [0.15, 0.2) is 5.13 Å². The summed E-state index contributed by atoms with van der Waals surface area (Å²) in [5.41, 5.74) is 1.55. The van der Waals surface area contributed by atoms with Crippen LogP contribution >= 0.6 is 11.3 Å². The number of fused-ring (bicyclic) bond motifs is 1. The van der Waals surface area contributed by atoms with Crippen molar-refractivity contribution >= 4 is 38.3 Å². The van der Waals surface area contributed by atoms with Crippen molar-refractivity contribution in [2.45, 2.75) is 0 Å². The Morgan fingerprint density at radius 1 is 1.07 bits per heavy atom. The number of carbonyl (C=O) groups excluding carboxylic acids is 1. The highest BCUT2D eigenvalue weighted by Gasteiger charge is 2.34. The van der Waals surface area contributed by atoms with Crippen molar-refractivity contribution in [1.29, 1.82) is 0 Å². The standard InChI is InChI=1S/C20H21N3O4S/c1-25-13-5-7-18-16(8-13)22-20(28-18)23-10-12(11-23)19(24)21-15-6-4-14(26-2)9-17(15)27-3/h4-9,12H,10-11H2,1-3H3,(H,21,24). The number of nitrogens with one attached hydrogen (secondary N) is 1. The van der Waals surface area contributed by atoms with Crippen LogP contribution in [0.3, 0.4) is 0 Å². The van der Waals surface area contributed by atoms with E-state index in [0.29, 0.717) is 30.3 Å². The topological polar surface area (TPSA) is 72.9 Å². The molecule has 0 aliphatic carbocycles. The maximum Gasteiger partial charge on any atom is 0.231 e. The van der Waals surface area contributed by atoms with Crippen LogP contribution in [0.15, 0.2) is 36.4 Å². The number of ether oxygens (including phenoxy) is 3. The van der Waals surface area contributed by atoms with Gasteiger partial charge in [-0.25, -0.2) is 4.98 Å². The van der Waals surface area contributed by atoms with Crippen molar-refractivity contribution < 1.29 is 19.0 Å². The molecular weight excluding hydrogens is 378 g/mol. The summed E-state index contributed by atoms with van der Waals surface area (Å²) in [7, 11) is 4.80. The number of aromatic nitrogens is 1. The summed E-state index contributed by atoms with van der Waals surface area (Å²) < 4.78 is 16.9. The lowest BCUT2D eigenvalue weighted by Crippen LogP contribution is -2.52. The van der Waals surface area contributed by atoms with E-state index in [0.717, 1.165) is 21.1 Å². The summed E-state index contributed by atoms with van der Waals surface area (Å²) in [6, 6.07) is 11.2. The molecule has 146 valence electrons. The van der Waals surface area contributed by atoms with Crippen molar-refractivity contribution in [3.8, 4) is 17.2 Å². The molecule has 1 aliphatic heterocycles. The quantitative estimate of drug-likeness (QED) is 0.685. The Bertz CT molecular complexity index is 1010. The second kappa shape index (κ2) is 7.55. The Hall–Kier alpha value is -3.00. The van der Waals surface area contributed by atoms with Gasteiger partial charge in [0.25, 0.3) is 0 Å². The summed E-state index contributed by atoms with van der Waals surface area (Å²) in [5.74, 6) is 1.93. The van der Waals surface area contributed by atoms with Gasteiger partial charge in [-0.1, -0.05) is 11.3 Å². The van der Waals surface area contributed by atoms with Gasteiger partial charge in [0, 0.05) is 25.2 Å². The van der Waals surface area contributed by atoms with Crippen LogP contribution < -0.4 is 24.4 Å². The SMILES string of the molecule is COc1ccc(NC(=O)C2CN(c3nc4cc(OC)ccc4s3)C2)c(OC)c1. The largest absolute Gasteiger partial charge is 0.497 e. The average molecular weight is 399 g/mol. The number of benzene rings is 2. The van der Waals surface area contributed by atoms with Crippen molar-refractivity contribution in [2.75, 3.05) is 44.6 Å². The summed E-state index contributed by atoms with van der Waals surface area (Å²) >= 11 is 1.62. The monoisotopic (exact) mass is 399 g/mol. The zero-order chi connectivity index (χ0) is 19.7. The van der Waals surface area contributed by atoms with Gasteiger partial charge >= 0.3 is 0 Å². The van der Waals surface area contributed by atoms with E-state index in [1.165, 1.54) is 0 Å². The van der Waals surface area contributed by atoms with Crippen molar-refractivity contribution in [1.82, 2.24) is 4.98 Å². The summed E-state index contributed by atoms with van der Waals surface area (Å²) in [5, 5.41) is 3.87. The van der Waals surface area contributed by atoms with Crippen LogP contribution in [0, 0.1) is 5.92 Å². The van der Waals surface area contributed by atoms with Crippen LogP contribution in [-0.2, 0) is 4.79 Å². The number of hydrogen-bond donors (Lipinski definition) is 1. The normalized spacial score (nSPS) is 13.9. The van der Waals surface area contributed by atoms with Gasteiger partial charge in [0.05, 0.1) is 43.2 Å². The molecule has 28 heavy (non-hydrogen) atoms. The van der Waals surface area contributed by atoms with Crippen LogP contribution in [0.5, 0.6) is 17.2 Å². The summed E-state index contributed by atoms with van der Waals surface area (Å²) in [6.07, 6.45) is 0. The third-order valence-corrected chi connectivity index (χ3v) is 5.87. The highest BCUT2D eigenvalue weighted by Crippen LogP contribution is 2.35. The molecule has 0 bridgehead atoms. The minimum atomic E-state index is -0.0895. The molecule has 0 spiro atoms. The number of nitrogens with zero attached hydrogens (tertiary/aromatic N) is 2. The van der Waals surface area contributed by atoms with E-state index in [4.69, 9.17) is 14.2 Å². The van der Waals surface area contributed by atoms with E-state index in [2.05, 4.69) is 15.2 Å². The fourth-order valence-corrected chi connectivity index (χ4v) is 4.06. The van der Waals surface area contributed by atoms with Crippen LogP contribution in [-0.4, -0.2) is 45.3 Å². The zero-order valence-electron chi connectivity index (χ0n) is 15.9. The molecular formula is C20H21N3O4S. The Kier molecular flexibility index (Phi) is 4.95. The molecule has 0 radical (unpaired) electrons. The molecule has 1 fully saturated rings. The number of methoxy groups -OCH3 is 3. The third-order valence-electron chi connectivity index (χ3n) is 4.77. The fraction of sp³-hybridized carbons (Fsp3) is 0.300. The Morgan fingerprint density at radius 2 is 1.79 bits per heavy atom. The molecule has 8 heteroatoms. The first kappa shape index (κ1) is 18.4. The predicted octanol–water partition coefficient (Wildman–Crippen LogP) is 3.40. The Labute approximate surface area is 166 Å². The van der Waals surface area contributed by atoms with E-state index in [1.807, 2.05) is 18.2 Å². The molecule has 7 nitrogen and oxygen atoms in total. The molecule has 1 aliphatic rings. The fourth-order valence-electron chi connectivity index (χ4n) is 3.09. The van der Waals surface area contributed by atoms with Crippen LogP contribution in [0.2, 0.25) is 0 Å². The second-order valence-corrected chi connectivity index (χ2v) is 7.50. The number of thiazole rings is 1. The molecule has 0 saturated carbocycles. The number of amides is 1. The molecule has 2 heterocycles. The predicted molar refractivity (Wildman–Crippen MR) is 110 cm³/mol. The van der Waals surface area contributed by atoms with Crippen molar-refractivity contribution in [2.24, 2.45) is 5.92 Å². The van der Waals surface area contributed by atoms with Crippen molar-refractivity contribution in [3.05, 3.63) is 36.4 Å². The highest BCUT2D eigenvalue weighted by molar-refractivity contribution is 7.22. The van der Waals surface area contributed by atoms with Crippen LogP contribution in [0.25, 0.3) is 10.2 Å². The molecule has 0 unspecified atom stereocenters. The maximum absolute atomic E-state index is 12.6. The zero-order valence-corrected chi connectivity index (χ0v) is 16.7. The van der Waals surface area contributed by atoms with Gasteiger partial charge in [0.2, 0.25) is 5.91 Å². The van der Waals surface area contributed by atoms with Gasteiger partial charge < -0.3 is 24.4 Å². The first-order chi connectivity index (χ1) is 13.6. The van der Waals surface area contributed by atoms with E-state index < -0.39 is 0 Å². The van der Waals surface area contributed by atoms with Gasteiger partial charge in [-0.3, -0.25) is 4.79 Å². The minimum Gasteiger partial charge on any atom is -0.497 e. The Balaban J connectivity index is 1.40. The second-order valence-electron chi connectivity index (χ2n) is 6.49. The van der Waals surface area contributed by atoms with Crippen LogP contribution in [0.4, 0.5) is 10.8 Å². The summed E-state index contributed by atoms with van der Waals surface area (Å²) in [4.78, 5) is 19.4. The lowest BCUT2D eigenvalue weighted by Gasteiger charge is -2.38. The molecule has 1 N–H and O–H groups in total. The lowest BCUT2D eigenvalue weighted by atomic mass is 10.00. The summed E-state index contributed by atoms with van der Waals surface area (Å²) in [6.45, 7) is 1.28. The van der Waals surface area contributed by atoms with E-state index >= 15 is 0 Å². The molecule has 1 aromatic heterocycles. The maximum atomic E-state index is 12.6.